The summed E-state index contributed by atoms with van der Waals surface area (Å²) in [6.07, 6.45) is 3.23. The lowest BCUT2D eigenvalue weighted by atomic mass is 9.80. The molecule has 0 radical (unpaired) electrons. The number of piperidine rings is 1. The summed E-state index contributed by atoms with van der Waals surface area (Å²) < 4.78 is 0. The monoisotopic (exact) mass is 229 g/mol. The molecule has 1 aromatic carbocycles. The van der Waals surface area contributed by atoms with Crippen LogP contribution < -0.4 is 5.32 Å². The smallest absolute Gasteiger partial charge is 0.0653 e. The average molecular weight is 229 g/mol. The predicted molar refractivity (Wildman–Crippen MR) is 70.2 cm³/mol. The molecule has 0 saturated carbocycles. The van der Waals surface area contributed by atoms with Crippen molar-refractivity contribution in [2.45, 2.75) is 26.2 Å². The van der Waals surface area contributed by atoms with Gasteiger partial charge in [0.1, 0.15) is 0 Å². The van der Waals surface area contributed by atoms with E-state index in [-0.39, 0.29) is 0 Å². The van der Waals surface area contributed by atoms with Gasteiger partial charge in [0.2, 0.25) is 0 Å². The fraction of sp³-hybridized carbons (Fsp3) is 0.500. The lowest BCUT2D eigenvalue weighted by Crippen LogP contribution is -2.34. The van der Waals surface area contributed by atoms with Gasteiger partial charge in [-0.15, -0.1) is 0 Å². The summed E-state index contributed by atoms with van der Waals surface area (Å²) in [5.74, 6) is 1.36. The number of hydrogen-bond donors (Lipinski definition) is 2. The van der Waals surface area contributed by atoms with E-state index in [9.17, 15) is 0 Å². The molecule has 3 rings (SSSR count). The Bertz CT molecular complexity index is 529. The van der Waals surface area contributed by atoms with Gasteiger partial charge in [-0.1, -0.05) is 13.0 Å². The molecule has 0 bridgehead atoms. The molecule has 90 valence electrons. The van der Waals surface area contributed by atoms with Gasteiger partial charge in [0.15, 0.2) is 0 Å². The van der Waals surface area contributed by atoms with Crippen LogP contribution in [0.4, 0.5) is 0 Å². The molecule has 2 N–H and O–H groups in total. The number of H-pyrrole nitrogens is 1. The molecule has 1 aromatic heterocycles. The molecule has 0 amide bonds. The summed E-state index contributed by atoms with van der Waals surface area (Å²) >= 11 is 0. The van der Waals surface area contributed by atoms with Crippen LogP contribution in [0.25, 0.3) is 10.9 Å². The van der Waals surface area contributed by atoms with Gasteiger partial charge < -0.3 is 5.32 Å². The molecule has 17 heavy (non-hydrogen) atoms. The van der Waals surface area contributed by atoms with Crippen LogP contribution in [0.2, 0.25) is 0 Å². The van der Waals surface area contributed by atoms with E-state index < -0.39 is 0 Å². The summed E-state index contributed by atoms with van der Waals surface area (Å²) in [6.45, 7) is 6.82. The van der Waals surface area contributed by atoms with E-state index in [2.05, 4.69) is 41.5 Å². The van der Waals surface area contributed by atoms with E-state index in [1.807, 2.05) is 6.20 Å². The third-order valence-corrected chi connectivity index (χ3v) is 4.08. The number of hydrogen-bond acceptors (Lipinski definition) is 2. The van der Waals surface area contributed by atoms with Crippen LogP contribution in [0.5, 0.6) is 0 Å². The Morgan fingerprint density at radius 2 is 2.24 bits per heavy atom. The van der Waals surface area contributed by atoms with Crippen LogP contribution in [0, 0.1) is 12.8 Å². The Morgan fingerprint density at radius 1 is 1.35 bits per heavy atom. The third kappa shape index (κ3) is 1.75. The summed E-state index contributed by atoms with van der Waals surface area (Å²) in [5, 5.41) is 12.1. The highest BCUT2D eigenvalue weighted by atomic mass is 15.1. The molecule has 1 aliphatic heterocycles. The second-order valence-corrected chi connectivity index (χ2v) is 5.20. The van der Waals surface area contributed by atoms with Gasteiger partial charge in [-0.05, 0) is 48.9 Å². The van der Waals surface area contributed by atoms with Crippen molar-refractivity contribution in [3.63, 3.8) is 0 Å². The van der Waals surface area contributed by atoms with Crippen molar-refractivity contribution >= 4 is 10.9 Å². The van der Waals surface area contributed by atoms with Crippen molar-refractivity contribution < 1.29 is 0 Å². The molecule has 0 spiro atoms. The largest absolute Gasteiger partial charge is 0.316 e. The normalized spacial score (nSPS) is 25.3. The molecule has 3 nitrogen and oxygen atoms in total. The number of nitrogens with one attached hydrogen (secondary N) is 2. The van der Waals surface area contributed by atoms with Crippen LogP contribution in [-0.2, 0) is 0 Å². The van der Waals surface area contributed by atoms with Crippen molar-refractivity contribution in [3.8, 4) is 0 Å². The zero-order chi connectivity index (χ0) is 11.8. The lowest BCUT2D eigenvalue weighted by Gasteiger charge is -2.31. The first-order chi connectivity index (χ1) is 8.27. The van der Waals surface area contributed by atoms with Crippen LogP contribution in [0.3, 0.4) is 0 Å². The van der Waals surface area contributed by atoms with Gasteiger partial charge >= 0.3 is 0 Å². The molecular formula is C14H19N3. The maximum Gasteiger partial charge on any atom is 0.0653 e. The first-order valence-electron chi connectivity index (χ1n) is 6.40. The van der Waals surface area contributed by atoms with E-state index in [0.717, 1.165) is 24.5 Å². The summed E-state index contributed by atoms with van der Waals surface area (Å²) in [7, 11) is 0. The van der Waals surface area contributed by atoms with Crippen LogP contribution in [0.1, 0.15) is 30.4 Å². The van der Waals surface area contributed by atoms with Crippen molar-refractivity contribution in [1.82, 2.24) is 15.5 Å². The molecule has 2 atom stereocenters. The number of fused-ring (bicyclic) bond motifs is 1. The predicted octanol–water partition coefficient (Wildman–Crippen LogP) is 2.58. The van der Waals surface area contributed by atoms with E-state index in [0.29, 0.717) is 5.92 Å². The molecule has 1 aliphatic rings. The minimum absolute atomic E-state index is 0.616. The number of aromatic nitrogens is 2. The van der Waals surface area contributed by atoms with Crippen LogP contribution in [0.15, 0.2) is 18.3 Å². The highest BCUT2D eigenvalue weighted by molar-refractivity contribution is 5.83. The summed E-state index contributed by atoms with van der Waals surface area (Å²) in [4.78, 5) is 0. The van der Waals surface area contributed by atoms with Crippen molar-refractivity contribution in [2.75, 3.05) is 13.1 Å². The van der Waals surface area contributed by atoms with Crippen LogP contribution >= 0.6 is 0 Å². The second-order valence-electron chi connectivity index (χ2n) is 5.20. The van der Waals surface area contributed by atoms with Crippen LogP contribution in [-0.4, -0.2) is 23.3 Å². The Labute approximate surface area is 102 Å². The Hall–Kier alpha value is -1.35. The lowest BCUT2D eigenvalue weighted by molar-refractivity contribution is 0.349. The van der Waals surface area contributed by atoms with Crippen molar-refractivity contribution in [1.29, 1.82) is 0 Å². The Balaban J connectivity index is 2.14. The minimum Gasteiger partial charge on any atom is -0.316 e. The fourth-order valence-corrected chi connectivity index (χ4v) is 3.02. The second kappa shape index (κ2) is 4.15. The highest BCUT2D eigenvalue weighted by Crippen LogP contribution is 2.35. The quantitative estimate of drug-likeness (QED) is 0.789. The minimum atomic E-state index is 0.616. The summed E-state index contributed by atoms with van der Waals surface area (Å²) in [5.41, 5.74) is 4.03. The standard InChI is InChI=1S/C14H19N3/c1-9-5-6-15-7-11(9)14-10(2)3-4-13-12(14)8-16-17-13/h3-4,8-9,11,15H,5-7H2,1-2H3,(H,16,17). The molecule has 1 saturated heterocycles. The maximum atomic E-state index is 4.18. The molecule has 2 aromatic rings. The van der Waals surface area contributed by atoms with Crippen molar-refractivity contribution in [2.24, 2.45) is 5.92 Å². The molecule has 0 aliphatic carbocycles. The van der Waals surface area contributed by atoms with Gasteiger partial charge in [-0.2, -0.15) is 5.10 Å². The fourth-order valence-electron chi connectivity index (χ4n) is 3.02. The SMILES string of the molecule is Cc1ccc2[nH]ncc2c1C1CNCCC1C. The first-order valence-corrected chi connectivity index (χ1v) is 6.40. The van der Waals surface area contributed by atoms with E-state index >= 15 is 0 Å². The Morgan fingerprint density at radius 3 is 3.06 bits per heavy atom. The van der Waals surface area contributed by atoms with E-state index in [4.69, 9.17) is 0 Å². The van der Waals surface area contributed by atoms with E-state index in [1.54, 1.807) is 0 Å². The topological polar surface area (TPSA) is 40.7 Å². The summed E-state index contributed by atoms with van der Waals surface area (Å²) in [6, 6.07) is 4.33. The maximum absolute atomic E-state index is 4.18. The average Bonchev–Trinajstić information content (AvgIpc) is 2.79. The van der Waals surface area contributed by atoms with Crippen molar-refractivity contribution in [3.05, 3.63) is 29.5 Å². The van der Waals surface area contributed by atoms with Gasteiger partial charge in [-0.3, -0.25) is 5.10 Å². The molecule has 3 heteroatoms. The third-order valence-electron chi connectivity index (χ3n) is 4.08. The zero-order valence-electron chi connectivity index (χ0n) is 10.5. The number of rotatable bonds is 1. The van der Waals surface area contributed by atoms with Gasteiger partial charge in [-0.25, -0.2) is 0 Å². The molecular weight excluding hydrogens is 210 g/mol. The zero-order valence-corrected chi connectivity index (χ0v) is 10.5. The first kappa shape index (κ1) is 10.8. The number of aromatic amines is 1. The molecule has 1 fully saturated rings. The number of nitrogens with zero attached hydrogens (tertiary/aromatic N) is 1. The van der Waals surface area contributed by atoms with Gasteiger partial charge in [0.25, 0.3) is 0 Å². The molecule has 2 heterocycles. The van der Waals surface area contributed by atoms with E-state index in [1.165, 1.54) is 22.9 Å². The molecule has 2 unspecified atom stereocenters. The highest BCUT2D eigenvalue weighted by Gasteiger charge is 2.25. The van der Waals surface area contributed by atoms with Gasteiger partial charge in [0.05, 0.1) is 11.7 Å². The van der Waals surface area contributed by atoms with Gasteiger partial charge in [0, 0.05) is 11.9 Å². The Kier molecular flexibility index (Phi) is 2.63. The number of benzene rings is 1. The number of aryl methyl sites for hydroxylation is 1.